The maximum Gasteiger partial charge on any atom is 0.329 e. The molecular formula is C41H48N2O4SSi2. The van der Waals surface area contributed by atoms with Crippen LogP contribution in [-0.2, 0) is 8.85 Å². The van der Waals surface area contributed by atoms with Crippen molar-refractivity contribution >= 4 is 49.1 Å². The van der Waals surface area contributed by atoms with Gasteiger partial charge in [-0.25, -0.2) is 4.79 Å². The Morgan fingerprint density at radius 3 is 1.34 bits per heavy atom. The van der Waals surface area contributed by atoms with Gasteiger partial charge in [0, 0.05) is 36.6 Å². The second kappa shape index (κ2) is 14.5. The van der Waals surface area contributed by atoms with E-state index >= 15 is 0 Å². The van der Waals surface area contributed by atoms with E-state index in [0.717, 1.165) is 0 Å². The fourth-order valence-electron chi connectivity index (χ4n) is 7.68. The summed E-state index contributed by atoms with van der Waals surface area (Å²) in [6.45, 7) is 14.7. The van der Waals surface area contributed by atoms with Crippen molar-refractivity contribution in [1.82, 2.24) is 9.55 Å². The van der Waals surface area contributed by atoms with E-state index in [9.17, 15) is 9.59 Å². The number of hydrogen-bond donors (Lipinski definition) is 1. The van der Waals surface area contributed by atoms with Crippen LogP contribution < -0.4 is 32.0 Å². The normalized spacial score (nSPS) is 18.4. The topological polar surface area (TPSA) is 73.3 Å². The van der Waals surface area contributed by atoms with E-state index in [0.29, 0.717) is 13.2 Å². The zero-order chi connectivity index (χ0) is 35.6. The summed E-state index contributed by atoms with van der Waals surface area (Å²) in [5, 5.41) is 4.36. The molecule has 5 aromatic rings. The number of H-pyrrole nitrogens is 1. The van der Waals surface area contributed by atoms with Gasteiger partial charge in [-0.1, -0.05) is 163 Å². The summed E-state index contributed by atoms with van der Waals surface area (Å²) in [5.74, 6) is -0.0523. The van der Waals surface area contributed by atoms with Gasteiger partial charge in [0.25, 0.3) is 22.2 Å². The van der Waals surface area contributed by atoms with E-state index in [4.69, 9.17) is 8.85 Å². The Hall–Kier alpha value is -3.74. The molecule has 0 radical (unpaired) electrons. The van der Waals surface area contributed by atoms with Crippen molar-refractivity contribution in [2.45, 2.75) is 62.2 Å². The highest BCUT2D eigenvalue weighted by Gasteiger charge is 2.55. The van der Waals surface area contributed by atoms with Gasteiger partial charge in [-0.3, -0.25) is 14.3 Å². The molecule has 260 valence electrons. The molecule has 1 N–H and O–H groups in total. The molecule has 0 amide bonds. The minimum Gasteiger partial charge on any atom is -0.407 e. The molecule has 1 aliphatic rings. The van der Waals surface area contributed by atoms with Gasteiger partial charge in [0.15, 0.2) is 0 Å². The zero-order valence-corrected chi connectivity index (χ0v) is 32.7. The number of nitrogens with one attached hydrogen (secondary N) is 1. The summed E-state index contributed by atoms with van der Waals surface area (Å²) in [7, 11) is -5.66. The van der Waals surface area contributed by atoms with Gasteiger partial charge in [0.2, 0.25) is 0 Å². The lowest BCUT2D eigenvalue weighted by atomic mass is 10.0. The third kappa shape index (κ3) is 6.69. The summed E-state index contributed by atoms with van der Waals surface area (Å²) < 4.78 is 16.6. The Bertz CT molecular complexity index is 1900. The van der Waals surface area contributed by atoms with Crippen molar-refractivity contribution in [3.05, 3.63) is 154 Å². The molecule has 3 atom stereocenters. The molecule has 4 aromatic carbocycles. The standard InChI is InChI=1S/C41H48N2O4SSi2/c1-40(2,3)49(31-19-11-7-12-20-31,32-21-13-8-14-22-32)46-29-35-36(48-38(35)43-28-27-37(44)42-39(43)45)30-47-50(41(4,5)6,33-23-15-9-16-24-33)34-25-17-10-18-26-34/h7-28,35-36,38H,29-30H2,1-6H3,(H,42,44,45)/t35-,36-,38-/m0/s1. The fourth-order valence-corrected chi connectivity index (χ4v) is 18.4. The summed E-state index contributed by atoms with van der Waals surface area (Å²) in [4.78, 5) is 27.7. The van der Waals surface area contributed by atoms with E-state index in [1.807, 2.05) is 0 Å². The van der Waals surface area contributed by atoms with Crippen molar-refractivity contribution in [1.29, 1.82) is 0 Å². The molecule has 0 unspecified atom stereocenters. The second-order valence-corrected chi connectivity index (χ2v) is 25.2. The minimum absolute atomic E-state index is 0.0523. The van der Waals surface area contributed by atoms with E-state index in [-0.39, 0.29) is 26.6 Å². The van der Waals surface area contributed by atoms with Crippen LogP contribution in [0.15, 0.2) is 143 Å². The lowest BCUT2D eigenvalue weighted by molar-refractivity contribution is 0.165. The summed E-state index contributed by atoms with van der Waals surface area (Å²) in [6, 6.07) is 44.1. The molecule has 6 nitrogen and oxygen atoms in total. The van der Waals surface area contributed by atoms with Gasteiger partial charge in [0.05, 0.1) is 5.37 Å². The first-order valence-corrected chi connectivity index (χ1v) is 22.1. The van der Waals surface area contributed by atoms with E-state index in [2.05, 4.69) is 168 Å². The summed E-state index contributed by atoms with van der Waals surface area (Å²) in [6.07, 6.45) is 1.62. The number of benzene rings is 4. The van der Waals surface area contributed by atoms with Crippen LogP contribution in [0.1, 0.15) is 46.9 Å². The van der Waals surface area contributed by atoms with Crippen molar-refractivity contribution in [2.75, 3.05) is 13.2 Å². The molecule has 1 aromatic heterocycles. The van der Waals surface area contributed by atoms with E-state index < -0.39 is 27.9 Å². The van der Waals surface area contributed by atoms with Crippen LogP contribution in [0.2, 0.25) is 10.1 Å². The number of thioether (sulfide) groups is 1. The molecular weight excluding hydrogens is 673 g/mol. The molecule has 50 heavy (non-hydrogen) atoms. The van der Waals surface area contributed by atoms with Crippen molar-refractivity contribution in [3.8, 4) is 0 Å². The largest absolute Gasteiger partial charge is 0.407 e. The molecule has 1 fully saturated rings. The second-order valence-electron chi connectivity index (χ2n) is 15.2. The maximum atomic E-state index is 13.2. The third-order valence-electron chi connectivity index (χ3n) is 10.1. The molecule has 9 heteroatoms. The zero-order valence-electron chi connectivity index (χ0n) is 29.8. The van der Waals surface area contributed by atoms with Crippen LogP contribution in [0, 0.1) is 5.92 Å². The van der Waals surface area contributed by atoms with Crippen molar-refractivity contribution in [3.63, 3.8) is 0 Å². The molecule has 2 heterocycles. The monoisotopic (exact) mass is 720 g/mol. The molecule has 6 rings (SSSR count). The van der Waals surface area contributed by atoms with Crippen LogP contribution in [0.25, 0.3) is 0 Å². The average molecular weight is 721 g/mol. The summed E-state index contributed by atoms with van der Waals surface area (Å²) in [5.41, 5.74) is -0.806. The van der Waals surface area contributed by atoms with Crippen LogP contribution in [0.4, 0.5) is 0 Å². The first-order chi connectivity index (χ1) is 23.9. The highest BCUT2D eigenvalue weighted by molar-refractivity contribution is 8.01. The predicted molar refractivity (Wildman–Crippen MR) is 212 cm³/mol. The molecule has 0 saturated carbocycles. The predicted octanol–water partition coefficient (Wildman–Crippen LogP) is 5.92. The smallest absolute Gasteiger partial charge is 0.329 e. The Kier molecular flexibility index (Phi) is 10.4. The lowest BCUT2D eigenvalue weighted by Crippen LogP contribution is -2.68. The SMILES string of the molecule is CC(C)(C)[Si](OC[C@H]1[C@H](CO[Si](c2ccccc2)(c2ccccc2)C(C)(C)C)S[C@@H]1n1ccc(=O)[nH]c1=O)(c1ccccc1)c1ccccc1. The van der Waals surface area contributed by atoms with Gasteiger partial charge in [-0.2, -0.15) is 0 Å². The highest BCUT2D eigenvalue weighted by Crippen LogP contribution is 2.51. The van der Waals surface area contributed by atoms with Crippen LogP contribution in [0.3, 0.4) is 0 Å². The number of hydrogen-bond acceptors (Lipinski definition) is 5. The van der Waals surface area contributed by atoms with Gasteiger partial charge in [0.1, 0.15) is 0 Å². The van der Waals surface area contributed by atoms with Crippen LogP contribution in [0.5, 0.6) is 0 Å². The van der Waals surface area contributed by atoms with E-state index in [1.54, 1.807) is 22.5 Å². The first kappa shape index (κ1) is 36.1. The van der Waals surface area contributed by atoms with Gasteiger partial charge in [-0.05, 0) is 30.8 Å². The molecule has 1 saturated heterocycles. The average Bonchev–Trinajstić information content (AvgIpc) is 3.09. The van der Waals surface area contributed by atoms with Crippen molar-refractivity contribution < 1.29 is 8.85 Å². The molecule has 0 spiro atoms. The molecule has 0 bridgehead atoms. The maximum absolute atomic E-state index is 13.2. The van der Waals surface area contributed by atoms with Gasteiger partial charge < -0.3 is 8.85 Å². The Morgan fingerprint density at radius 1 is 0.600 bits per heavy atom. The lowest BCUT2D eigenvalue weighted by Gasteiger charge is -2.50. The Labute approximate surface area is 302 Å². The van der Waals surface area contributed by atoms with E-state index in [1.165, 1.54) is 26.8 Å². The quantitative estimate of drug-likeness (QED) is 0.172. The first-order valence-electron chi connectivity index (χ1n) is 17.4. The van der Waals surface area contributed by atoms with Gasteiger partial charge >= 0.3 is 5.69 Å². The Morgan fingerprint density at radius 2 is 0.980 bits per heavy atom. The Balaban J connectivity index is 1.41. The number of aromatic nitrogens is 2. The number of nitrogens with zero attached hydrogens (tertiary/aromatic N) is 1. The highest BCUT2D eigenvalue weighted by atomic mass is 32.2. The number of rotatable bonds is 11. The number of aromatic amines is 1. The minimum atomic E-state index is -2.86. The van der Waals surface area contributed by atoms with Crippen molar-refractivity contribution in [2.24, 2.45) is 5.92 Å². The van der Waals surface area contributed by atoms with Crippen LogP contribution >= 0.6 is 11.8 Å². The fraction of sp³-hybridized carbons (Fsp3) is 0.317. The molecule has 1 aliphatic heterocycles. The molecule has 0 aliphatic carbocycles. The third-order valence-corrected chi connectivity index (χ3v) is 21.8. The van der Waals surface area contributed by atoms with Gasteiger partial charge in [-0.15, -0.1) is 11.8 Å². The summed E-state index contributed by atoms with van der Waals surface area (Å²) >= 11 is 1.72. The van der Waals surface area contributed by atoms with Crippen LogP contribution in [-0.4, -0.2) is 44.6 Å².